The molecule has 240 valence electrons. The molecule has 1 aliphatic heterocycles. The summed E-state index contributed by atoms with van der Waals surface area (Å²) in [5, 5.41) is 14.0. The number of hydrogen-bond acceptors (Lipinski definition) is 4. The van der Waals surface area contributed by atoms with Gasteiger partial charge in [0.15, 0.2) is 0 Å². The monoisotopic (exact) mass is 598 g/mol. The first-order valence-electron chi connectivity index (χ1n) is 17.2. The van der Waals surface area contributed by atoms with E-state index >= 15 is 0 Å². The number of benzene rings is 3. The smallest absolute Gasteiger partial charge is 0.134 e. The van der Waals surface area contributed by atoms with Gasteiger partial charge in [-0.1, -0.05) is 114 Å². The van der Waals surface area contributed by atoms with Gasteiger partial charge in [0, 0.05) is 44.0 Å². The maximum Gasteiger partial charge on any atom is 0.134 e. The molecule has 0 aliphatic carbocycles. The molecule has 1 unspecified atom stereocenters. The van der Waals surface area contributed by atoms with Crippen molar-refractivity contribution in [3.05, 3.63) is 113 Å². The second kappa shape index (κ2) is 22.3. The first-order valence-corrected chi connectivity index (χ1v) is 17.2. The molecule has 0 saturated carbocycles. The van der Waals surface area contributed by atoms with Gasteiger partial charge in [-0.2, -0.15) is 0 Å². The Labute approximate surface area is 268 Å². The Morgan fingerprint density at radius 3 is 2.23 bits per heavy atom. The van der Waals surface area contributed by atoms with Gasteiger partial charge in [0.25, 0.3) is 0 Å². The number of aliphatic hydroxyl groups is 1. The summed E-state index contributed by atoms with van der Waals surface area (Å²) in [7, 11) is 0. The van der Waals surface area contributed by atoms with Crippen molar-refractivity contribution < 1.29 is 9.52 Å². The van der Waals surface area contributed by atoms with Crippen molar-refractivity contribution >= 4 is 16.5 Å². The molecule has 44 heavy (non-hydrogen) atoms. The third kappa shape index (κ3) is 11.7. The van der Waals surface area contributed by atoms with Gasteiger partial charge >= 0.3 is 0 Å². The fourth-order valence-electron chi connectivity index (χ4n) is 5.48. The van der Waals surface area contributed by atoms with Gasteiger partial charge in [-0.15, -0.1) is 0 Å². The normalized spacial score (nSPS) is 14.2. The van der Waals surface area contributed by atoms with Crippen molar-refractivity contribution in [3.63, 3.8) is 0 Å². The third-order valence-corrected chi connectivity index (χ3v) is 7.58. The number of nitrogens with one attached hydrogen (secondary N) is 1. The zero-order valence-electron chi connectivity index (χ0n) is 28.3. The number of unbranched alkanes of at least 4 members (excludes halogenated alkanes) is 1. The minimum Gasteiger partial charge on any atom is -0.461 e. The third-order valence-electron chi connectivity index (χ3n) is 7.58. The molecule has 2 heterocycles. The van der Waals surface area contributed by atoms with Crippen LogP contribution in [0.4, 0.5) is 0 Å². The SMILES string of the molecule is CC.CC.CC.OCCCCC(=CC(c1ccccc1)c1ccc2oc(CCN3CCCNCC3)cc2c1)c1ccccc1. The molecule has 1 atom stereocenters. The van der Waals surface area contributed by atoms with Crippen LogP contribution in [0.2, 0.25) is 0 Å². The zero-order valence-corrected chi connectivity index (χ0v) is 28.3. The molecule has 0 bridgehead atoms. The van der Waals surface area contributed by atoms with E-state index in [-0.39, 0.29) is 12.5 Å². The van der Waals surface area contributed by atoms with Gasteiger partial charge < -0.3 is 19.7 Å². The molecule has 0 radical (unpaired) electrons. The van der Waals surface area contributed by atoms with E-state index in [2.05, 4.69) is 101 Å². The van der Waals surface area contributed by atoms with Gasteiger partial charge in [-0.3, -0.25) is 0 Å². The van der Waals surface area contributed by atoms with Gasteiger partial charge in [0.1, 0.15) is 11.3 Å². The van der Waals surface area contributed by atoms with Crippen LogP contribution in [0.3, 0.4) is 0 Å². The molecule has 1 aromatic heterocycles. The Balaban J connectivity index is 0.00000106. The minimum atomic E-state index is 0.132. The van der Waals surface area contributed by atoms with Crippen molar-refractivity contribution in [2.45, 2.75) is 79.6 Å². The number of allylic oxidation sites excluding steroid dienone is 2. The maximum absolute atomic E-state index is 9.38. The lowest BCUT2D eigenvalue weighted by Crippen LogP contribution is -2.29. The molecule has 4 heteroatoms. The van der Waals surface area contributed by atoms with Crippen LogP contribution in [-0.4, -0.2) is 49.3 Å². The van der Waals surface area contributed by atoms with E-state index in [1.807, 2.05) is 41.5 Å². The summed E-state index contributed by atoms with van der Waals surface area (Å²) in [5.41, 5.74) is 6.09. The van der Waals surface area contributed by atoms with Crippen LogP contribution in [0, 0.1) is 0 Å². The topological polar surface area (TPSA) is 48.6 Å². The first kappa shape index (κ1) is 37.0. The van der Waals surface area contributed by atoms with Gasteiger partial charge in [-0.25, -0.2) is 0 Å². The average Bonchev–Trinajstić information content (AvgIpc) is 3.33. The van der Waals surface area contributed by atoms with Crippen LogP contribution in [0.15, 0.2) is 95.4 Å². The largest absolute Gasteiger partial charge is 0.461 e. The highest BCUT2D eigenvalue weighted by Gasteiger charge is 2.16. The number of rotatable bonds is 11. The first-order chi connectivity index (χ1) is 21.8. The molecule has 2 N–H and O–H groups in total. The number of fused-ring (bicyclic) bond motifs is 1. The number of nitrogens with zero attached hydrogens (tertiary/aromatic N) is 1. The second-order valence-electron chi connectivity index (χ2n) is 10.3. The molecule has 1 saturated heterocycles. The van der Waals surface area contributed by atoms with Gasteiger partial charge in [0.2, 0.25) is 0 Å². The summed E-state index contributed by atoms with van der Waals surface area (Å²) in [6.07, 6.45) is 7.31. The van der Waals surface area contributed by atoms with Crippen LogP contribution >= 0.6 is 0 Å². The van der Waals surface area contributed by atoms with E-state index in [1.165, 1.54) is 34.1 Å². The highest BCUT2D eigenvalue weighted by molar-refractivity contribution is 5.79. The predicted octanol–water partition coefficient (Wildman–Crippen LogP) is 9.73. The molecule has 1 fully saturated rings. The fourth-order valence-corrected chi connectivity index (χ4v) is 5.48. The second-order valence-corrected chi connectivity index (χ2v) is 10.3. The Morgan fingerprint density at radius 2 is 1.52 bits per heavy atom. The number of hydrogen-bond donors (Lipinski definition) is 2. The van der Waals surface area contributed by atoms with Crippen LogP contribution in [-0.2, 0) is 6.42 Å². The van der Waals surface area contributed by atoms with E-state index < -0.39 is 0 Å². The predicted molar refractivity (Wildman–Crippen MR) is 192 cm³/mol. The highest BCUT2D eigenvalue weighted by Crippen LogP contribution is 2.34. The molecule has 5 rings (SSSR count). The molecular formula is C40H58N2O2. The van der Waals surface area contributed by atoms with E-state index in [1.54, 1.807) is 0 Å². The lowest BCUT2D eigenvalue weighted by atomic mass is 9.86. The van der Waals surface area contributed by atoms with Gasteiger partial charge in [0.05, 0.1) is 0 Å². The molecule has 4 nitrogen and oxygen atoms in total. The van der Waals surface area contributed by atoms with E-state index in [0.29, 0.717) is 0 Å². The molecule has 4 aromatic rings. The fraction of sp³-hybridized carbons (Fsp3) is 0.450. The Kier molecular flexibility index (Phi) is 18.8. The van der Waals surface area contributed by atoms with Crippen LogP contribution in [0.5, 0.6) is 0 Å². The summed E-state index contributed by atoms with van der Waals surface area (Å²) in [5.74, 6) is 1.20. The quantitative estimate of drug-likeness (QED) is 0.169. The van der Waals surface area contributed by atoms with Crippen molar-refractivity contribution in [1.29, 1.82) is 0 Å². The van der Waals surface area contributed by atoms with E-state index in [4.69, 9.17) is 4.42 Å². The van der Waals surface area contributed by atoms with Crippen LogP contribution in [0.25, 0.3) is 16.5 Å². The van der Waals surface area contributed by atoms with Crippen molar-refractivity contribution in [3.8, 4) is 0 Å². The van der Waals surface area contributed by atoms with Crippen molar-refractivity contribution in [1.82, 2.24) is 10.2 Å². The molecule has 0 spiro atoms. The van der Waals surface area contributed by atoms with Crippen molar-refractivity contribution in [2.24, 2.45) is 0 Å². The zero-order chi connectivity index (χ0) is 32.0. The summed E-state index contributed by atoms with van der Waals surface area (Å²) < 4.78 is 6.27. The van der Waals surface area contributed by atoms with Gasteiger partial charge in [-0.05, 0) is 79.2 Å². The standard InChI is InChI=1S/C34H40N2O2.3C2H6/c37-23-8-7-14-29(27-10-3-1-4-11-27)26-33(28-12-5-2-6-13-28)30-15-16-34-31(24-30)25-32(38-34)17-21-36-20-9-18-35-19-22-36;3*1-2/h1-6,10-13,15-16,24-26,33,35,37H,7-9,14,17-23H2;3*1-2H3. The molecule has 3 aromatic carbocycles. The lowest BCUT2D eigenvalue weighted by Gasteiger charge is -2.18. The van der Waals surface area contributed by atoms with Crippen LogP contribution < -0.4 is 5.32 Å². The number of aliphatic hydroxyl groups excluding tert-OH is 1. The average molecular weight is 599 g/mol. The summed E-state index contributed by atoms with van der Waals surface area (Å²) in [4.78, 5) is 2.54. The van der Waals surface area contributed by atoms with E-state index in [0.717, 1.165) is 69.8 Å². The minimum absolute atomic E-state index is 0.132. The van der Waals surface area contributed by atoms with Crippen LogP contribution in [0.1, 0.15) is 95.6 Å². The van der Waals surface area contributed by atoms with E-state index in [9.17, 15) is 5.11 Å². The summed E-state index contributed by atoms with van der Waals surface area (Å²) >= 11 is 0. The lowest BCUT2D eigenvalue weighted by molar-refractivity contribution is 0.285. The molecule has 0 amide bonds. The Bertz CT molecular complexity index is 1290. The highest BCUT2D eigenvalue weighted by atomic mass is 16.3. The summed E-state index contributed by atoms with van der Waals surface area (Å²) in [6.45, 7) is 17.7. The Hall–Kier alpha value is -3.18. The summed E-state index contributed by atoms with van der Waals surface area (Å²) in [6, 6.07) is 30.3. The molecule has 1 aliphatic rings. The number of furan rings is 1. The Morgan fingerprint density at radius 1 is 0.818 bits per heavy atom. The maximum atomic E-state index is 9.38. The van der Waals surface area contributed by atoms with Crippen molar-refractivity contribution in [2.75, 3.05) is 39.3 Å². The molecular weight excluding hydrogens is 540 g/mol.